The van der Waals surface area contributed by atoms with E-state index in [0.29, 0.717) is 26.2 Å². The average molecular weight is 318 g/mol. The van der Waals surface area contributed by atoms with Crippen LogP contribution in [-0.2, 0) is 9.59 Å². The molecule has 2 amide bonds. The molecule has 4 heteroatoms. The van der Waals surface area contributed by atoms with Gasteiger partial charge in [0.1, 0.15) is 0 Å². The number of hydrogen-bond donors (Lipinski definition) is 0. The van der Waals surface area contributed by atoms with Gasteiger partial charge in [-0.15, -0.1) is 0 Å². The van der Waals surface area contributed by atoms with Crippen molar-refractivity contribution in [3.8, 4) is 0 Å². The highest BCUT2D eigenvalue weighted by Gasteiger charge is 2.32. The van der Waals surface area contributed by atoms with E-state index in [1.165, 1.54) is 12.0 Å². The van der Waals surface area contributed by atoms with Gasteiger partial charge in [-0.2, -0.15) is 0 Å². The first-order valence-electron chi connectivity index (χ1n) is 8.57. The summed E-state index contributed by atoms with van der Waals surface area (Å²) in [4.78, 5) is 27.4. The van der Waals surface area contributed by atoms with Crippen LogP contribution in [0.15, 0.2) is 23.8 Å². The normalized spacial score (nSPS) is 23.8. The lowest BCUT2D eigenvalue weighted by atomic mass is 9.67. The second-order valence-corrected chi connectivity index (χ2v) is 8.14. The zero-order valence-electron chi connectivity index (χ0n) is 15.2. The van der Waals surface area contributed by atoms with E-state index in [1.54, 1.807) is 17.9 Å². The first-order valence-corrected chi connectivity index (χ1v) is 8.57. The molecule has 0 saturated carbocycles. The van der Waals surface area contributed by atoms with Crippen LogP contribution in [0.25, 0.3) is 0 Å². The second-order valence-electron chi connectivity index (χ2n) is 8.14. The van der Waals surface area contributed by atoms with Crippen molar-refractivity contribution in [2.75, 3.05) is 26.2 Å². The van der Waals surface area contributed by atoms with E-state index in [-0.39, 0.29) is 22.6 Å². The zero-order chi connectivity index (χ0) is 17.3. The summed E-state index contributed by atoms with van der Waals surface area (Å²) in [6.45, 7) is 13.1. The van der Waals surface area contributed by atoms with Crippen molar-refractivity contribution in [1.82, 2.24) is 9.80 Å². The zero-order valence-corrected chi connectivity index (χ0v) is 15.2. The number of piperazine rings is 1. The Balaban J connectivity index is 2.01. The predicted molar refractivity (Wildman–Crippen MR) is 92.9 cm³/mol. The fraction of sp³-hybridized carbons (Fsp3) is 0.684. The van der Waals surface area contributed by atoms with Crippen molar-refractivity contribution in [2.24, 2.45) is 10.8 Å². The summed E-state index contributed by atoms with van der Waals surface area (Å²) in [6.07, 6.45) is 8.34. The van der Waals surface area contributed by atoms with Crippen molar-refractivity contribution < 1.29 is 9.59 Å². The van der Waals surface area contributed by atoms with Gasteiger partial charge in [0.15, 0.2) is 0 Å². The Kier molecular flexibility index (Phi) is 5.02. The van der Waals surface area contributed by atoms with E-state index >= 15 is 0 Å². The number of carbonyl (C=O) groups is 2. The lowest BCUT2D eigenvalue weighted by Crippen LogP contribution is -2.49. The summed E-state index contributed by atoms with van der Waals surface area (Å²) in [5.74, 6) is 0.136. The Labute approximate surface area is 140 Å². The van der Waals surface area contributed by atoms with Crippen molar-refractivity contribution in [3.05, 3.63) is 23.8 Å². The molecule has 0 atom stereocenters. The molecule has 23 heavy (non-hydrogen) atoms. The second kappa shape index (κ2) is 6.50. The molecule has 0 bridgehead atoms. The van der Waals surface area contributed by atoms with E-state index in [4.69, 9.17) is 0 Å². The molecular formula is C19H30N2O2. The molecule has 0 radical (unpaired) electrons. The quantitative estimate of drug-likeness (QED) is 0.734. The van der Waals surface area contributed by atoms with Gasteiger partial charge in [0.05, 0.1) is 0 Å². The van der Waals surface area contributed by atoms with Crippen LogP contribution in [0, 0.1) is 10.8 Å². The maximum Gasteiger partial charge on any atom is 0.246 e. The monoisotopic (exact) mass is 318 g/mol. The minimum atomic E-state index is 0.0493. The highest BCUT2D eigenvalue weighted by Crippen LogP contribution is 2.44. The maximum absolute atomic E-state index is 12.4. The molecule has 0 aromatic carbocycles. The number of allylic oxidation sites excluding steroid dienone is 3. The van der Waals surface area contributed by atoms with Crippen molar-refractivity contribution in [1.29, 1.82) is 0 Å². The number of nitrogens with zero attached hydrogens (tertiary/aromatic N) is 2. The molecule has 128 valence electrons. The summed E-state index contributed by atoms with van der Waals surface area (Å²) >= 11 is 0. The highest BCUT2D eigenvalue weighted by atomic mass is 16.2. The smallest absolute Gasteiger partial charge is 0.246 e. The van der Waals surface area contributed by atoms with Gasteiger partial charge in [0, 0.05) is 39.2 Å². The minimum Gasteiger partial charge on any atom is -0.339 e. The topological polar surface area (TPSA) is 40.6 Å². The Morgan fingerprint density at radius 3 is 2.13 bits per heavy atom. The summed E-state index contributed by atoms with van der Waals surface area (Å²) in [6, 6.07) is 0. The van der Waals surface area contributed by atoms with E-state index in [9.17, 15) is 9.59 Å². The van der Waals surface area contributed by atoms with Gasteiger partial charge in [-0.05, 0) is 29.2 Å². The summed E-state index contributed by atoms with van der Waals surface area (Å²) in [5.41, 5.74) is 1.58. The van der Waals surface area contributed by atoms with Crippen LogP contribution in [0.3, 0.4) is 0 Å². The Morgan fingerprint density at radius 1 is 1.00 bits per heavy atom. The summed E-state index contributed by atoms with van der Waals surface area (Å²) in [5, 5.41) is 0. The lowest BCUT2D eigenvalue weighted by Gasteiger charge is -2.38. The van der Waals surface area contributed by atoms with Crippen molar-refractivity contribution in [3.63, 3.8) is 0 Å². The van der Waals surface area contributed by atoms with Gasteiger partial charge in [-0.1, -0.05) is 39.8 Å². The van der Waals surface area contributed by atoms with Crippen LogP contribution < -0.4 is 0 Å². The Bertz CT molecular complexity index is 536. The molecule has 0 unspecified atom stereocenters. The molecular weight excluding hydrogens is 288 g/mol. The van der Waals surface area contributed by atoms with Crippen molar-refractivity contribution in [2.45, 2.75) is 47.5 Å². The predicted octanol–water partition coefficient (Wildman–Crippen LogP) is 3.01. The molecule has 1 heterocycles. The molecule has 1 fully saturated rings. The Hall–Kier alpha value is -1.58. The van der Waals surface area contributed by atoms with Crippen LogP contribution in [-0.4, -0.2) is 47.8 Å². The molecule has 4 nitrogen and oxygen atoms in total. The SMILES string of the molecule is CC(=O)N1CCN(C(=O)/C=C/C2=CC(C)(C)CCC2(C)C)CC1. The molecule has 2 rings (SSSR count). The molecule has 0 spiro atoms. The maximum atomic E-state index is 12.4. The molecule has 1 aliphatic heterocycles. The van der Waals surface area contributed by atoms with Crippen LogP contribution >= 0.6 is 0 Å². The number of hydrogen-bond acceptors (Lipinski definition) is 2. The lowest BCUT2D eigenvalue weighted by molar-refractivity contribution is -0.135. The summed E-state index contributed by atoms with van der Waals surface area (Å²) < 4.78 is 0. The third-order valence-corrected chi connectivity index (χ3v) is 5.16. The Morgan fingerprint density at radius 2 is 1.57 bits per heavy atom. The van der Waals surface area contributed by atoms with E-state index < -0.39 is 0 Å². The van der Waals surface area contributed by atoms with Crippen LogP contribution in [0.4, 0.5) is 0 Å². The molecule has 1 saturated heterocycles. The third-order valence-electron chi connectivity index (χ3n) is 5.16. The largest absolute Gasteiger partial charge is 0.339 e. The van der Waals surface area contributed by atoms with Gasteiger partial charge in [-0.25, -0.2) is 0 Å². The number of amides is 2. The molecule has 2 aliphatic rings. The van der Waals surface area contributed by atoms with Crippen LogP contribution in [0.1, 0.15) is 47.5 Å². The van der Waals surface area contributed by atoms with E-state index in [2.05, 4.69) is 33.8 Å². The average Bonchev–Trinajstić information content (AvgIpc) is 2.48. The first kappa shape index (κ1) is 17.8. The van der Waals surface area contributed by atoms with Gasteiger partial charge < -0.3 is 9.80 Å². The van der Waals surface area contributed by atoms with Gasteiger partial charge >= 0.3 is 0 Å². The number of carbonyl (C=O) groups excluding carboxylic acids is 2. The highest BCUT2D eigenvalue weighted by molar-refractivity contribution is 5.88. The number of rotatable bonds is 2. The minimum absolute atomic E-state index is 0.0493. The summed E-state index contributed by atoms with van der Waals surface area (Å²) in [7, 11) is 0. The third kappa shape index (κ3) is 4.46. The first-order chi connectivity index (χ1) is 10.6. The molecule has 1 aliphatic carbocycles. The van der Waals surface area contributed by atoms with Crippen LogP contribution in [0.5, 0.6) is 0 Å². The molecule has 0 N–H and O–H groups in total. The van der Waals surface area contributed by atoms with Crippen molar-refractivity contribution >= 4 is 11.8 Å². The van der Waals surface area contributed by atoms with E-state index in [1.807, 2.05) is 11.0 Å². The molecule has 0 aromatic heterocycles. The van der Waals surface area contributed by atoms with E-state index in [0.717, 1.165) is 6.42 Å². The van der Waals surface area contributed by atoms with Gasteiger partial charge in [0.2, 0.25) is 11.8 Å². The van der Waals surface area contributed by atoms with Gasteiger partial charge in [-0.3, -0.25) is 9.59 Å². The fourth-order valence-electron chi connectivity index (χ4n) is 3.25. The standard InChI is InChI=1S/C19H30N2O2/c1-15(22)20-10-12-21(13-11-20)17(23)7-6-16-14-18(2,3)8-9-19(16,4)5/h6-7,14H,8-13H2,1-5H3/b7-6+. The fourth-order valence-corrected chi connectivity index (χ4v) is 3.25. The molecule has 0 aromatic rings. The van der Waals surface area contributed by atoms with Gasteiger partial charge in [0.25, 0.3) is 0 Å². The van der Waals surface area contributed by atoms with Crippen LogP contribution in [0.2, 0.25) is 0 Å².